The van der Waals surface area contributed by atoms with Gasteiger partial charge in [-0.1, -0.05) is 17.7 Å². The van der Waals surface area contributed by atoms with Gasteiger partial charge in [-0.2, -0.15) is 0 Å². The third-order valence-electron chi connectivity index (χ3n) is 3.28. The van der Waals surface area contributed by atoms with Gasteiger partial charge in [0.1, 0.15) is 0 Å². The molecule has 0 bridgehead atoms. The number of methoxy groups -OCH3 is 1. The van der Waals surface area contributed by atoms with Crippen LogP contribution in [0.3, 0.4) is 0 Å². The highest BCUT2D eigenvalue weighted by atomic mass is 35.5. The van der Waals surface area contributed by atoms with Gasteiger partial charge in [0.15, 0.2) is 0 Å². The Kier molecular flexibility index (Phi) is 5.86. The standard InChI is InChI=1S/C15H21ClN2O2/c1-20-8-5-17-10-12-11-18(6-2-7-19)15-9-13(16)3-4-14(12)15/h3-4,9,11,17,19H,2,5-8,10H2,1H3. The maximum Gasteiger partial charge on any atom is 0.0587 e. The van der Waals surface area contributed by atoms with Crippen molar-refractivity contribution in [2.24, 2.45) is 0 Å². The summed E-state index contributed by atoms with van der Waals surface area (Å²) >= 11 is 6.08. The number of hydrogen-bond acceptors (Lipinski definition) is 3. The minimum Gasteiger partial charge on any atom is -0.396 e. The van der Waals surface area contributed by atoms with Crippen molar-refractivity contribution >= 4 is 22.5 Å². The normalized spacial score (nSPS) is 11.3. The van der Waals surface area contributed by atoms with Gasteiger partial charge >= 0.3 is 0 Å². The number of halogens is 1. The van der Waals surface area contributed by atoms with E-state index in [1.807, 2.05) is 12.1 Å². The number of ether oxygens (including phenoxy) is 1. The minimum absolute atomic E-state index is 0.196. The second kappa shape index (κ2) is 7.64. The van der Waals surface area contributed by atoms with E-state index >= 15 is 0 Å². The van der Waals surface area contributed by atoms with Crippen molar-refractivity contribution in [2.45, 2.75) is 19.5 Å². The summed E-state index contributed by atoms with van der Waals surface area (Å²) < 4.78 is 7.19. The Bertz CT molecular complexity index is 554. The summed E-state index contributed by atoms with van der Waals surface area (Å²) in [4.78, 5) is 0. The summed E-state index contributed by atoms with van der Waals surface area (Å²) in [7, 11) is 1.70. The highest BCUT2D eigenvalue weighted by Crippen LogP contribution is 2.25. The molecule has 0 aliphatic rings. The van der Waals surface area contributed by atoms with Crippen LogP contribution in [-0.2, 0) is 17.8 Å². The lowest BCUT2D eigenvalue weighted by atomic mass is 10.2. The Labute approximate surface area is 124 Å². The molecule has 0 radical (unpaired) electrons. The fourth-order valence-corrected chi connectivity index (χ4v) is 2.47. The van der Waals surface area contributed by atoms with E-state index in [2.05, 4.69) is 22.1 Å². The molecule has 2 aromatic rings. The highest BCUT2D eigenvalue weighted by Gasteiger charge is 2.08. The van der Waals surface area contributed by atoms with Crippen LogP contribution < -0.4 is 5.32 Å². The molecule has 0 atom stereocenters. The number of aromatic nitrogens is 1. The van der Waals surface area contributed by atoms with Gasteiger partial charge in [0, 0.05) is 55.5 Å². The zero-order valence-electron chi connectivity index (χ0n) is 11.7. The molecule has 20 heavy (non-hydrogen) atoms. The van der Waals surface area contributed by atoms with E-state index in [1.54, 1.807) is 7.11 Å². The topological polar surface area (TPSA) is 46.4 Å². The Hall–Kier alpha value is -1.07. The maximum atomic E-state index is 9.00. The highest BCUT2D eigenvalue weighted by molar-refractivity contribution is 6.31. The Morgan fingerprint density at radius 3 is 3.00 bits per heavy atom. The summed E-state index contributed by atoms with van der Waals surface area (Å²) in [6, 6.07) is 5.95. The fourth-order valence-electron chi connectivity index (χ4n) is 2.31. The number of aryl methyl sites for hydroxylation is 1. The van der Waals surface area contributed by atoms with Crippen LogP contribution in [-0.4, -0.2) is 36.5 Å². The summed E-state index contributed by atoms with van der Waals surface area (Å²) in [6.45, 7) is 3.32. The Morgan fingerprint density at radius 2 is 2.25 bits per heavy atom. The van der Waals surface area contributed by atoms with Crippen LogP contribution in [0.15, 0.2) is 24.4 Å². The van der Waals surface area contributed by atoms with Gasteiger partial charge < -0.3 is 19.7 Å². The van der Waals surface area contributed by atoms with E-state index in [9.17, 15) is 0 Å². The van der Waals surface area contributed by atoms with Gasteiger partial charge in [-0.05, 0) is 24.1 Å². The molecule has 0 saturated heterocycles. The van der Waals surface area contributed by atoms with Gasteiger partial charge in [-0.25, -0.2) is 0 Å². The third kappa shape index (κ3) is 3.73. The summed E-state index contributed by atoms with van der Waals surface area (Å²) in [6.07, 6.45) is 2.88. The lowest BCUT2D eigenvalue weighted by Gasteiger charge is -2.03. The van der Waals surface area contributed by atoms with Crippen LogP contribution in [0, 0.1) is 0 Å². The quantitative estimate of drug-likeness (QED) is 0.736. The lowest BCUT2D eigenvalue weighted by molar-refractivity contribution is 0.199. The second-order valence-electron chi connectivity index (χ2n) is 4.76. The van der Waals surface area contributed by atoms with E-state index < -0.39 is 0 Å². The second-order valence-corrected chi connectivity index (χ2v) is 5.19. The first-order valence-corrected chi connectivity index (χ1v) is 7.22. The number of fused-ring (bicyclic) bond motifs is 1. The molecule has 4 nitrogen and oxygen atoms in total. The number of aliphatic hydroxyl groups is 1. The molecule has 0 aliphatic carbocycles. The zero-order valence-corrected chi connectivity index (χ0v) is 12.5. The van der Waals surface area contributed by atoms with E-state index in [0.717, 1.165) is 36.6 Å². The molecule has 5 heteroatoms. The molecule has 0 unspecified atom stereocenters. The third-order valence-corrected chi connectivity index (χ3v) is 3.52. The van der Waals surface area contributed by atoms with Crippen LogP contribution in [0.4, 0.5) is 0 Å². The van der Waals surface area contributed by atoms with Gasteiger partial charge in [-0.15, -0.1) is 0 Å². The van der Waals surface area contributed by atoms with Crippen molar-refractivity contribution in [3.05, 3.63) is 35.0 Å². The molecule has 0 spiro atoms. The Balaban J connectivity index is 2.20. The first kappa shape index (κ1) is 15.3. The van der Waals surface area contributed by atoms with Gasteiger partial charge in [0.05, 0.1) is 6.61 Å². The predicted octanol–water partition coefficient (Wildman–Crippen LogP) is 2.41. The smallest absolute Gasteiger partial charge is 0.0587 e. The summed E-state index contributed by atoms with van der Waals surface area (Å²) in [5.74, 6) is 0. The van der Waals surface area contributed by atoms with Crippen LogP contribution in [0.5, 0.6) is 0 Å². The van der Waals surface area contributed by atoms with Gasteiger partial charge in [-0.3, -0.25) is 0 Å². The van der Waals surface area contributed by atoms with Crippen LogP contribution in [0.2, 0.25) is 5.02 Å². The first-order chi connectivity index (χ1) is 9.76. The summed E-state index contributed by atoms with van der Waals surface area (Å²) in [5, 5.41) is 14.3. The number of aliphatic hydroxyl groups excluding tert-OH is 1. The number of benzene rings is 1. The minimum atomic E-state index is 0.196. The number of nitrogens with zero attached hydrogens (tertiary/aromatic N) is 1. The largest absolute Gasteiger partial charge is 0.396 e. The molecule has 0 aliphatic heterocycles. The molecule has 2 N–H and O–H groups in total. The number of hydrogen-bond donors (Lipinski definition) is 2. The van der Waals surface area contributed by atoms with Gasteiger partial charge in [0.25, 0.3) is 0 Å². The van der Waals surface area contributed by atoms with E-state index in [1.165, 1.54) is 10.9 Å². The van der Waals surface area contributed by atoms with Crippen LogP contribution >= 0.6 is 11.6 Å². The van der Waals surface area contributed by atoms with Crippen molar-refractivity contribution in [1.29, 1.82) is 0 Å². The molecular weight excluding hydrogens is 276 g/mol. The molecular formula is C15H21ClN2O2. The van der Waals surface area contributed by atoms with Crippen molar-refractivity contribution in [1.82, 2.24) is 9.88 Å². The monoisotopic (exact) mass is 296 g/mol. The van der Waals surface area contributed by atoms with Gasteiger partial charge in [0.2, 0.25) is 0 Å². The molecule has 2 rings (SSSR count). The Morgan fingerprint density at radius 1 is 1.40 bits per heavy atom. The lowest BCUT2D eigenvalue weighted by Crippen LogP contribution is -2.18. The van der Waals surface area contributed by atoms with E-state index in [4.69, 9.17) is 21.4 Å². The predicted molar refractivity (Wildman–Crippen MR) is 82.2 cm³/mol. The van der Waals surface area contributed by atoms with E-state index in [0.29, 0.717) is 6.61 Å². The average molecular weight is 297 g/mol. The molecule has 1 aromatic carbocycles. The summed E-state index contributed by atoms with van der Waals surface area (Å²) in [5.41, 5.74) is 2.36. The SMILES string of the molecule is COCCNCc1cn(CCCO)c2cc(Cl)ccc12. The molecule has 0 amide bonds. The molecule has 1 heterocycles. The molecule has 110 valence electrons. The van der Waals surface area contributed by atoms with Crippen LogP contribution in [0.25, 0.3) is 10.9 Å². The zero-order chi connectivity index (χ0) is 14.4. The molecule has 0 fully saturated rings. The van der Waals surface area contributed by atoms with E-state index in [-0.39, 0.29) is 6.61 Å². The van der Waals surface area contributed by atoms with Crippen molar-refractivity contribution < 1.29 is 9.84 Å². The maximum absolute atomic E-state index is 9.00. The van der Waals surface area contributed by atoms with Crippen LogP contribution in [0.1, 0.15) is 12.0 Å². The number of nitrogens with one attached hydrogen (secondary N) is 1. The van der Waals surface area contributed by atoms with Crippen molar-refractivity contribution in [3.8, 4) is 0 Å². The molecule has 0 saturated carbocycles. The fraction of sp³-hybridized carbons (Fsp3) is 0.467. The first-order valence-electron chi connectivity index (χ1n) is 6.84. The molecule has 1 aromatic heterocycles. The number of rotatable bonds is 8. The van der Waals surface area contributed by atoms with Crippen molar-refractivity contribution in [3.63, 3.8) is 0 Å². The average Bonchev–Trinajstić information content (AvgIpc) is 2.79. The van der Waals surface area contributed by atoms with Crippen molar-refractivity contribution in [2.75, 3.05) is 26.9 Å².